The fourth-order valence-corrected chi connectivity index (χ4v) is 4.02. The molecule has 37 heavy (non-hydrogen) atoms. The summed E-state index contributed by atoms with van der Waals surface area (Å²) in [5.41, 5.74) is 0.789. The quantitative estimate of drug-likeness (QED) is 0.365. The molecule has 1 aliphatic rings. The number of likely N-dealkylation sites (N-methyl/N-ethyl adjacent to an activating group) is 1. The van der Waals surface area contributed by atoms with Crippen molar-refractivity contribution in [1.82, 2.24) is 19.6 Å². The molecular formula is C26H28F3N5O3. The number of ether oxygens (including phenoxy) is 1. The maximum Gasteiger partial charge on any atom is 0.411 e. The number of benzene rings is 2. The van der Waals surface area contributed by atoms with Crippen LogP contribution >= 0.6 is 0 Å². The Bertz CT molecular complexity index is 1290. The summed E-state index contributed by atoms with van der Waals surface area (Å²) < 4.78 is 47.0. The summed E-state index contributed by atoms with van der Waals surface area (Å²) in [6.07, 6.45) is 0.164. The monoisotopic (exact) mass is 515 g/mol. The number of nitrogens with one attached hydrogen (secondary N) is 1. The number of nitrogens with zero attached hydrogens (tertiary/aromatic N) is 4. The zero-order valence-electron chi connectivity index (χ0n) is 20.4. The van der Waals surface area contributed by atoms with E-state index in [-0.39, 0.29) is 17.8 Å². The van der Waals surface area contributed by atoms with Gasteiger partial charge in [0.2, 0.25) is 0 Å². The molecular weight excluding hydrogens is 487 g/mol. The summed E-state index contributed by atoms with van der Waals surface area (Å²) >= 11 is 0. The summed E-state index contributed by atoms with van der Waals surface area (Å²) in [7, 11) is 2.10. The van der Waals surface area contributed by atoms with Gasteiger partial charge in [0.05, 0.1) is 18.8 Å². The van der Waals surface area contributed by atoms with Gasteiger partial charge in [-0.15, -0.1) is 0 Å². The molecule has 0 unspecified atom stereocenters. The Balaban J connectivity index is 1.34. The van der Waals surface area contributed by atoms with Gasteiger partial charge < -0.3 is 14.5 Å². The number of hydrogen-bond donors (Lipinski definition) is 1. The maximum absolute atomic E-state index is 13.6. The lowest BCUT2D eigenvalue weighted by atomic mass is 10.1. The number of piperazine rings is 1. The third-order valence-corrected chi connectivity index (χ3v) is 6.10. The first-order chi connectivity index (χ1) is 17.8. The van der Waals surface area contributed by atoms with Crippen molar-refractivity contribution in [2.24, 2.45) is 0 Å². The minimum absolute atomic E-state index is 0.00376. The van der Waals surface area contributed by atoms with E-state index in [0.717, 1.165) is 56.0 Å². The average molecular weight is 516 g/mol. The van der Waals surface area contributed by atoms with E-state index in [9.17, 15) is 22.8 Å². The minimum atomic E-state index is -1.57. The average Bonchev–Trinajstić information content (AvgIpc) is 2.87. The number of anilines is 1. The van der Waals surface area contributed by atoms with Crippen molar-refractivity contribution < 1.29 is 22.7 Å². The molecule has 11 heteroatoms. The van der Waals surface area contributed by atoms with Gasteiger partial charge in [-0.1, -0.05) is 12.1 Å². The van der Waals surface area contributed by atoms with Crippen molar-refractivity contribution in [3.8, 4) is 11.3 Å². The number of hydrogen-bond acceptors (Lipinski definition) is 6. The predicted molar refractivity (Wildman–Crippen MR) is 133 cm³/mol. The zero-order valence-corrected chi connectivity index (χ0v) is 20.4. The SMILES string of the molecule is CN1CCN(CCCOC(=O)Nc2cccc(Cn3nc(-c4cc(F)c(F)c(F)c4)ccc3=O)c2)CC1. The number of amides is 1. The second-order valence-corrected chi connectivity index (χ2v) is 8.93. The minimum Gasteiger partial charge on any atom is -0.449 e. The highest BCUT2D eigenvalue weighted by Gasteiger charge is 2.15. The van der Waals surface area contributed by atoms with E-state index >= 15 is 0 Å². The normalized spacial score (nSPS) is 14.5. The molecule has 1 N–H and O–H groups in total. The molecule has 0 aliphatic carbocycles. The van der Waals surface area contributed by atoms with Gasteiger partial charge in [-0.25, -0.2) is 22.6 Å². The van der Waals surface area contributed by atoms with Gasteiger partial charge in [-0.2, -0.15) is 5.10 Å². The van der Waals surface area contributed by atoms with Gasteiger partial charge in [-0.3, -0.25) is 10.1 Å². The highest BCUT2D eigenvalue weighted by molar-refractivity contribution is 5.84. The van der Waals surface area contributed by atoms with Gasteiger partial charge in [-0.05, 0) is 49.4 Å². The van der Waals surface area contributed by atoms with Gasteiger partial charge in [0.15, 0.2) is 17.5 Å². The fraction of sp³-hybridized carbons (Fsp3) is 0.346. The fourth-order valence-electron chi connectivity index (χ4n) is 4.02. The van der Waals surface area contributed by atoms with Crippen molar-refractivity contribution >= 4 is 11.8 Å². The molecule has 4 rings (SSSR count). The molecule has 2 heterocycles. The van der Waals surface area contributed by atoms with Crippen LogP contribution in [0, 0.1) is 17.5 Å². The van der Waals surface area contributed by atoms with E-state index < -0.39 is 29.1 Å². The predicted octanol–water partition coefficient (Wildman–Crippen LogP) is 3.56. The first kappa shape index (κ1) is 26.4. The van der Waals surface area contributed by atoms with E-state index in [2.05, 4.69) is 27.3 Å². The molecule has 3 aromatic rings. The van der Waals surface area contributed by atoms with E-state index in [0.29, 0.717) is 17.9 Å². The van der Waals surface area contributed by atoms with Crippen LogP contribution in [0.2, 0.25) is 0 Å². The van der Waals surface area contributed by atoms with Gasteiger partial charge >= 0.3 is 6.09 Å². The van der Waals surface area contributed by atoms with Gasteiger partial charge in [0, 0.05) is 50.0 Å². The van der Waals surface area contributed by atoms with Crippen molar-refractivity contribution in [2.45, 2.75) is 13.0 Å². The second kappa shape index (κ2) is 12.0. The van der Waals surface area contributed by atoms with Crippen molar-refractivity contribution in [1.29, 1.82) is 0 Å². The first-order valence-electron chi connectivity index (χ1n) is 12.0. The van der Waals surface area contributed by atoms with Crippen molar-refractivity contribution in [3.05, 3.63) is 81.9 Å². The van der Waals surface area contributed by atoms with E-state index in [1.165, 1.54) is 12.1 Å². The lowest BCUT2D eigenvalue weighted by molar-refractivity contribution is 0.130. The standard InChI is InChI=1S/C26H28F3N5O3/c1-32-9-11-33(12-10-32)8-3-13-37-26(36)30-20-5-2-4-18(14-20)17-34-24(35)7-6-23(31-34)19-15-21(27)25(29)22(28)16-19/h2,4-7,14-16H,3,8-13,17H2,1H3,(H,30,36). The number of halogens is 3. The number of carbonyl (C=O) groups excluding carboxylic acids is 1. The second-order valence-electron chi connectivity index (χ2n) is 8.93. The molecule has 196 valence electrons. The molecule has 1 fully saturated rings. The van der Waals surface area contributed by atoms with Crippen LogP contribution in [0.1, 0.15) is 12.0 Å². The van der Waals surface area contributed by atoms with Crippen LogP contribution in [0.4, 0.5) is 23.7 Å². The summed E-state index contributed by atoms with van der Waals surface area (Å²) in [6.45, 7) is 5.29. The van der Waals surface area contributed by atoms with Crippen LogP contribution < -0.4 is 10.9 Å². The highest BCUT2D eigenvalue weighted by atomic mass is 19.2. The summed E-state index contributed by atoms with van der Waals surface area (Å²) in [5.74, 6) is -4.27. The van der Waals surface area contributed by atoms with Crippen molar-refractivity contribution in [3.63, 3.8) is 0 Å². The van der Waals surface area contributed by atoms with E-state index in [1.54, 1.807) is 24.3 Å². The Morgan fingerprint density at radius 3 is 2.49 bits per heavy atom. The molecule has 0 bridgehead atoms. The summed E-state index contributed by atoms with van der Waals surface area (Å²) in [5, 5.41) is 6.84. The van der Waals surface area contributed by atoms with E-state index in [1.807, 2.05) is 0 Å². The zero-order chi connectivity index (χ0) is 26.4. The Kier molecular flexibility index (Phi) is 8.57. The van der Waals surface area contributed by atoms with E-state index in [4.69, 9.17) is 4.74 Å². The summed E-state index contributed by atoms with van der Waals surface area (Å²) in [6, 6.07) is 11.0. The van der Waals surface area contributed by atoms with Crippen LogP contribution in [0.3, 0.4) is 0 Å². The molecule has 0 atom stereocenters. The molecule has 0 saturated carbocycles. The van der Waals surface area contributed by atoms with Crippen LogP contribution in [0.5, 0.6) is 0 Å². The van der Waals surface area contributed by atoms with Crippen LogP contribution in [-0.4, -0.2) is 72.1 Å². The Morgan fingerprint density at radius 2 is 1.76 bits per heavy atom. The Morgan fingerprint density at radius 1 is 1.03 bits per heavy atom. The van der Waals surface area contributed by atoms with Gasteiger partial charge in [0.1, 0.15) is 0 Å². The lowest BCUT2D eigenvalue weighted by Crippen LogP contribution is -2.44. The van der Waals surface area contributed by atoms with Gasteiger partial charge in [0.25, 0.3) is 5.56 Å². The Labute approximate surface area is 212 Å². The number of aromatic nitrogens is 2. The molecule has 1 aromatic heterocycles. The lowest BCUT2D eigenvalue weighted by Gasteiger charge is -2.32. The molecule has 0 spiro atoms. The molecule has 1 saturated heterocycles. The molecule has 2 aromatic carbocycles. The maximum atomic E-state index is 13.6. The molecule has 0 radical (unpaired) electrons. The van der Waals surface area contributed by atoms with Crippen LogP contribution in [0.25, 0.3) is 11.3 Å². The topological polar surface area (TPSA) is 79.7 Å². The van der Waals surface area contributed by atoms with Crippen LogP contribution in [-0.2, 0) is 11.3 Å². The summed E-state index contributed by atoms with van der Waals surface area (Å²) in [4.78, 5) is 29.2. The van der Waals surface area contributed by atoms with Crippen LogP contribution in [0.15, 0.2) is 53.3 Å². The molecule has 8 nitrogen and oxygen atoms in total. The van der Waals surface area contributed by atoms with Crippen molar-refractivity contribution in [2.75, 3.05) is 51.7 Å². The Hall–Kier alpha value is -3.70. The third-order valence-electron chi connectivity index (χ3n) is 6.10. The smallest absolute Gasteiger partial charge is 0.411 e. The largest absolute Gasteiger partial charge is 0.449 e. The molecule has 1 amide bonds. The highest BCUT2D eigenvalue weighted by Crippen LogP contribution is 2.21. The molecule has 1 aliphatic heterocycles. The number of carbonyl (C=O) groups is 1. The number of rotatable bonds is 8. The third kappa shape index (κ3) is 7.17. The first-order valence-corrected chi connectivity index (χ1v) is 12.0.